The molecule has 144 valence electrons. The molecular weight excluding hydrogens is 403 g/mol. The normalized spacial score (nSPS) is 10.5. The Labute approximate surface area is 170 Å². The summed E-state index contributed by atoms with van der Waals surface area (Å²) in [5.74, 6) is -1.26. The van der Waals surface area contributed by atoms with Crippen LogP contribution in [0, 0.1) is 6.92 Å². The van der Waals surface area contributed by atoms with Gasteiger partial charge in [-0.15, -0.1) is 4.73 Å². The summed E-state index contributed by atoms with van der Waals surface area (Å²) in [5, 5.41) is 12.7. The fourth-order valence-electron chi connectivity index (χ4n) is 2.52. The molecule has 0 atom stereocenters. The molecule has 0 aliphatic rings. The first-order valence-electron chi connectivity index (χ1n) is 8.25. The number of nitrogens with one attached hydrogen (secondary N) is 1. The van der Waals surface area contributed by atoms with Gasteiger partial charge in [0.2, 0.25) is 0 Å². The first kappa shape index (κ1) is 19.8. The van der Waals surface area contributed by atoms with E-state index in [-0.39, 0.29) is 22.9 Å². The molecule has 8 heteroatoms. The van der Waals surface area contributed by atoms with Crippen molar-refractivity contribution in [3.63, 3.8) is 0 Å². The molecule has 0 saturated carbocycles. The van der Waals surface area contributed by atoms with Crippen molar-refractivity contribution >= 4 is 40.5 Å². The highest BCUT2D eigenvalue weighted by atomic mass is 35.5. The van der Waals surface area contributed by atoms with E-state index < -0.39 is 11.5 Å². The van der Waals surface area contributed by atoms with Crippen LogP contribution in [0.4, 0.5) is 11.4 Å². The average molecular weight is 419 g/mol. The van der Waals surface area contributed by atoms with E-state index in [1.54, 1.807) is 18.2 Å². The van der Waals surface area contributed by atoms with Gasteiger partial charge in [0.15, 0.2) is 0 Å². The van der Waals surface area contributed by atoms with Crippen LogP contribution in [0.1, 0.15) is 21.5 Å². The number of nitrogens with zero attached hydrogens (tertiary/aromatic N) is 1. The van der Waals surface area contributed by atoms with Crippen LogP contribution in [0.25, 0.3) is 0 Å². The molecule has 0 radical (unpaired) electrons. The smallest absolute Gasteiger partial charge is 0.339 e. The molecule has 1 heterocycles. The summed E-state index contributed by atoms with van der Waals surface area (Å²) in [6, 6.07) is 14.3. The third-order valence-corrected chi connectivity index (χ3v) is 4.61. The Morgan fingerprint density at radius 2 is 1.89 bits per heavy atom. The lowest BCUT2D eigenvalue weighted by Gasteiger charge is -2.16. The third kappa shape index (κ3) is 4.30. The number of benzene rings is 2. The van der Waals surface area contributed by atoms with E-state index in [1.165, 1.54) is 0 Å². The number of aryl methyl sites for hydroxylation is 1. The number of pyridine rings is 1. The number of aromatic nitrogens is 1. The van der Waals surface area contributed by atoms with E-state index in [9.17, 15) is 14.7 Å². The zero-order chi connectivity index (χ0) is 20.3. The molecule has 2 N–H and O–H groups in total. The first-order chi connectivity index (χ1) is 13.4. The second-order valence-electron chi connectivity index (χ2n) is 6.01. The molecule has 0 unspecified atom stereocenters. The summed E-state index contributed by atoms with van der Waals surface area (Å²) in [4.78, 5) is 29.8. The predicted octanol–water partition coefficient (Wildman–Crippen LogP) is 4.53. The van der Waals surface area contributed by atoms with Gasteiger partial charge in [-0.3, -0.25) is 4.79 Å². The van der Waals surface area contributed by atoms with Crippen molar-refractivity contribution in [2.24, 2.45) is 0 Å². The highest BCUT2D eigenvalue weighted by molar-refractivity contribution is 6.34. The van der Waals surface area contributed by atoms with Crippen LogP contribution < -0.4 is 15.7 Å². The zero-order valence-electron chi connectivity index (χ0n) is 14.8. The lowest BCUT2D eigenvalue weighted by molar-refractivity contribution is 0.0676. The molecule has 0 bridgehead atoms. The van der Waals surface area contributed by atoms with Gasteiger partial charge >= 0.3 is 11.5 Å². The van der Waals surface area contributed by atoms with Crippen molar-refractivity contribution in [1.82, 2.24) is 4.73 Å². The van der Waals surface area contributed by atoms with E-state index in [0.29, 0.717) is 10.7 Å². The van der Waals surface area contributed by atoms with Crippen molar-refractivity contribution in [3.05, 3.63) is 91.8 Å². The third-order valence-electron chi connectivity index (χ3n) is 4.03. The maximum atomic E-state index is 12.6. The number of hydrogen-bond donors (Lipinski definition) is 2. The molecule has 1 aromatic heterocycles. The molecule has 28 heavy (non-hydrogen) atoms. The van der Waals surface area contributed by atoms with Crippen molar-refractivity contribution in [2.75, 3.05) is 5.32 Å². The number of carbonyl (C=O) groups is 1. The molecular formula is C20H16Cl2N2O4. The van der Waals surface area contributed by atoms with E-state index in [1.807, 2.05) is 37.3 Å². The maximum Gasteiger partial charge on any atom is 0.339 e. The fourth-order valence-corrected chi connectivity index (χ4v) is 2.93. The lowest BCUT2D eigenvalue weighted by atomic mass is 10.1. The van der Waals surface area contributed by atoms with Crippen molar-refractivity contribution in [1.29, 1.82) is 0 Å². The number of anilines is 2. The molecule has 0 aliphatic carbocycles. The Kier molecular flexibility index (Phi) is 5.92. The highest BCUT2D eigenvalue weighted by Crippen LogP contribution is 2.30. The summed E-state index contributed by atoms with van der Waals surface area (Å²) in [5.41, 5.74) is 1.26. The van der Waals surface area contributed by atoms with E-state index in [4.69, 9.17) is 28.0 Å². The van der Waals surface area contributed by atoms with Gasteiger partial charge in [-0.1, -0.05) is 59.6 Å². The minimum atomic E-state index is -1.26. The average Bonchev–Trinajstić information content (AvgIpc) is 2.68. The van der Waals surface area contributed by atoms with Crippen LogP contribution in [0.15, 0.2) is 59.5 Å². The predicted molar refractivity (Wildman–Crippen MR) is 109 cm³/mol. The summed E-state index contributed by atoms with van der Waals surface area (Å²) >= 11 is 12.2. The van der Waals surface area contributed by atoms with Gasteiger partial charge in [0.25, 0.3) is 0 Å². The minimum absolute atomic E-state index is 0.0240. The van der Waals surface area contributed by atoms with Crippen LogP contribution in [0.3, 0.4) is 0 Å². The van der Waals surface area contributed by atoms with Gasteiger partial charge in [-0.05, 0) is 30.2 Å². The fraction of sp³-hybridized carbons (Fsp3) is 0.100. The topological polar surface area (TPSA) is 80.6 Å². The molecule has 2 aromatic carbocycles. The lowest BCUT2D eigenvalue weighted by Crippen LogP contribution is -2.29. The Bertz CT molecular complexity index is 1080. The zero-order valence-corrected chi connectivity index (χ0v) is 16.3. The number of carboxylic acid groups (broad SMARTS) is 1. The second kappa shape index (κ2) is 8.37. The van der Waals surface area contributed by atoms with Crippen molar-refractivity contribution in [3.8, 4) is 0 Å². The van der Waals surface area contributed by atoms with Crippen LogP contribution in [-0.2, 0) is 6.61 Å². The Morgan fingerprint density at radius 3 is 2.57 bits per heavy atom. The van der Waals surface area contributed by atoms with Crippen LogP contribution in [0.2, 0.25) is 10.0 Å². The number of aromatic carboxylic acids is 1. The largest absolute Gasteiger partial charge is 0.478 e. The molecule has 3 aromatic rings. The summed E-state index contributed by atoms with van der Waals surface area (Å²) in [7, 11) is 0. The SMILES string of the molecule is Cc1ccc(Cl)cc1Nc1c(C(=O)O)cn(OCc2ccccc2)c(=O)c1Cl. The number of hydrogen-bond acceptors (Lipinski definition) is 4. The van der Waals surface area contributed by atoms with E-state index >= 15 is 0 Å². The van der Waals surface area contributed by atoms with Gasteiger partial charge in [-0.25, -0.2) is 4.79 Å². The number of halogens is 2. The first-order valence-corrected chi connectivity index (χ1v) is 9.01. The van der Waals surface area contributed by atoms with E-state index in [0.717, 1.165) is 22.1 Å². The Hall–Kier alpha value is -2.96. The van der Waals surface area contributed by atoms with Crippen LogP contribution in [0.5, 0.6) is 0 Å². The summed E-state index contributed by atoms with van der Waals surface area (Å²) in [6.07, 6.45) is 1.10. The molecule has 3 rings (SSSR count). The van der Waals surface area contributed by atoms with Crippen molar-refractivity contribution in [2.45, 2.75) is 13.5 Å². The van der Waals surface area contributed by atoms with Gasteiger partial charge in [-0.2, -0.15) is 0 Å². The second-order valence-corrected chi connectivity index (χ2v) is 6.83. The standard InChI is InChI=1S/C20H16Cl2N2O4/c1-12-7-8-14(21)9-16(12)23-18-15(20(26)27)10-24(19(25)17(18)22)28-11-13-5-3-2-4-6-13/h2-10,23H,11H2,1H3,(H,26,27). The van der Waals surface area contributed by atoms with Crippen LogP contribution >= 0.6 is 23.2 Å². The molecule has 0 saturated heterocycles. The maximum absolute atomic E-state index is 12.6. The molecule has 0 aliphatic heterocycles. The molecule has 6 nitrogen and oxygen atoms in total. The van der Waals surface area contributed by atoms with Crippen LogP contribution in [-0.4, -0.2) is 15.8 Å². The molecule has 0 fully saturated rings. The van der Waals surface area contributed by atoms with E-state index in [2.05, 4.69) is 5.32 Å². The summed E-state index contributed by atoms with van der Waals surface area (Å²) in [6.45, 7) is 1.90. The van der Waals surface area contributed by atoms with Gasteiger partial charge < -0.3 is 15.3 Å². The number of carboxylic acids is 1. The molecule has 0 amide bonds. The number of rotatable bonds is 6. The summed E-state index contributed by atoms with van der Waals surface area (Å²) < 4.78 is 0.828. The minimum Gasteiger partial charge on any atom is -0.478 e. The van der Waals surface area contributed by atoms with Crippen molar-refractivity contribution < 1.29 is 14.7 Å². The highest BCUT2D eigenvalue weighted by Gasteiger charge is 2.20. The Balaban J connectivity index is 1.99. The van der Waals surface area contributed by atoms with Gasteiger partial charge in [0, 0.05) is 10.7 Å². The Morgan fingerprint density at radius 1 is 1.18 bits per heavy atom. The molecule has 0 spiro atoms. The monoisotopic (exact) mass is 418 g/mol. The quantitative estimate of drug-likeness (QED) is 0.614. The van der Waals surface area contributed by atoms with Gasteiger partial charge in [0.05, 0.1) is 11.9 Å². The van der Waals surface area contributed by atoms with Gasteiger partial charge in [0.1, 0.15) is 17.2 Å².